The quantitative estimate of drug-likeness (QED) is 0.0313. The molecule has 0 saturated heterocycles. The van der Waals surface area contributed by atoms with E-state index >= 15 is 0 Å². The van der Waals surface area contributed by atoms with E-state index in [-0.39, 0.29) is 0 Å². The van der Waals surface area contributed by atoms with E-state index in [9.17, 15) is 14.4 Å². The Kier molecular flexibility index (Phi) is 45.8. The molecular weight excluding hydrogens is 663 g/mol. The molecule has 51 heavy (non-hydrogen) atoms. The van der Waals surface area contributed by atoms with Gasteiger partial charge in [0.05, 0.1) is 12.8 Å². The summed E-state index contributed by atoms with van der Waals surface area (Å²) in [4.78, 5) is 30.5. The van der Waals surface area contributed by atoms with Gasteiger partial charge in [0.1, 0.15) is 0 Å². The summed E-state index contributed by atoms with van der Waals surface area (Å²) in [6.45, 7) is 9.59. The molecule has 0 amide bonds. The standard InChI is InChI=1S/C24H51P.C12H26O.C6H8O7/c1-4-7-10-13-16-19-22-25(23-20-17-14-11-8-5-2)24-21-18-15-12-9-6-3;1-2-3-4-5-6-7-8-9-10-11-12-13;7-3(8)1-6(13,5(11)12)2-4(9)10/h4-24H2,1-3H3;13H,2-12H2,1H3;13H,1-2H2,(H,7,8)(H,9,10)(H,11,12). The maximum Gasteiger partial charge on any atom is 0.336 e. The Labute approximate surface area is 316 Å². The molecule has 0 fully saturated rings. The molecule has 0 spiro atoms. The van der Waals surface area contributed by atoms with Crippen molar-refractivity contribution in [1.29, 1.82) is 0 Å². The average molecular weight is 749 g/mol. The third-order valence-corrected chi connectivity index (χ3v) is 12.1. The number of hydrogen-bond acceptors (Lipinski definition) is 5. The molecule has 0 rings (SSSR count). The first kappa shape index (κ1) is 54.1. The van der Waals surface area contributed by atoms with Gasteiger partial charge in [-0.05, 0) is 44.2 Å². The number of unbranched alkanes of at least 4 members (excludes halogenated alkanes) is 24. The Bertz CT molecular complexity index is 684. The molecule has 8 nitrogen and oxygen atoms in total. The van der Waals surface area contributed by atoms with Crippen molar-refractivity contribution in [2.24, 2.45) is 0 Å². The number of aliphatic hydroxyl groups excluding tert-OH is 1. The van der Waals surface area contributed by atoms with Crippen LogP contribution in [0.1, 0.15) is 220 Å². The van der Waals surface area contributed by atoms with Gasteiger partial charge in [-0.15, -0.1) is 7.92 Å². The highest BCUT2D eigenvalue weighted by atomic mass is 31.1. The van der Waals surface area contributed by atoms with Gasteiger partial charge in [0.25, 0.3) is 0 Å². The molecule has 0 aromatic rings. The number of carboxylic acid groups (broad SMARTS) is 3. The zero-order valence-electron chi connectivity index (χ0n) is 33.9. The van der Waals surface area contributed by atoms with Gasteiger partial charge in [0.2, 0.25) is 0 Å². The van der Waals surface area contributed by atoms with Crippen molar-refractivity contribution in [2.75, 3.05) is 25.1 Å². The molecule has 5 N–H and O–H groups in total. The molecule has 0 heterocycles. The number of aliphatic hydroxyl groups is 2. The molecule has 0 radical (unpaired) electrons. The Balaban J connectivity index is -0.000000746. The van der Waals surface area contributed by atoms with Crippen LogP contribution >= 0.6 is 7.92 Å². The molecule has 0 unspecified atom stereocenters. The van der Waals surface area contributed by atoms with E-state index in [1.807, 2.05) is 0 Å². The van der Waals surface area contributed by atoms with Crippen LogP contribution in [0.2, 0.25) is 0 Å². The van der Waals surface area contributed by atoms with Crippen molar-refractivity contribution in [3.8, 4) is 0 Å². The largest absolute Gasteiger partial charge is 0.481 e. The number of hydrogen-bond donors (Lipinski definition) is 5. The van der Waals surface area contributed by atoms with E-state index in [1.54, 1.807) is 18.5 Å². The highest BCUT2D eigenvalue weighted by molar-refractivity contribution is 7.57. The fraction of sp³-hybridized carbons (Fsp3) is 0.929. The van der Waals surface area contributed by atoms with Gasteiger partial charge in [-0.3, -0.25) is 9.59 Å². The maximum atomic E-state index is 10.3. The Morgan fingerprint density at radius 1 is 0.412 bits per heavy atom. The van der Waals surface area contributed by atoms with E-state index in [0.29, 0.717) is 14.5 Å². The van der Waals surface area contributed by atoms with Crippen molar-refractivity contribution in [2.45, 2.75) is 226 Å². The van der Waals surface area contributed by atoms with Gasteiger partial charge in [0.15, 0.2) is 5.60 Å². The first-order valence-corrected chi connectivity index (χ1v) is 23.2. The minimum atomic E-state index is -2.74. The van der Waals surface area contributed by atoms with E-state index in [2.05, 4.69) is 27.7 Å². The first-order chi connectivity index (χ1) is 24.5. The second kappa shape index (κ2) is 43.2. The summed E-state index contributed by atoms with van der Waals surface area (Å²) >= 11 is 0. The zero-order valence-corrected chi connectivity index (χ0v) is 34.8. The Hall–Kier alpha value is -1.24. The SMILES string of the molecule is CCCCCCCCCCCCO.CCCCCCCCP(CCCCCCCC)CCCCCCCC.O=C(O)CC(O)(CC(=O)O)C(=O)O. The zero-order chi connectivity index (χ0) is 38.9. The van der Waals surface area contributed by atoms with Crippen molar-refractivity contribution in [3.63, 3.8) is 0 Å². The van der Waals surface area contributed by atoms with Crippen LogP contribution in [0.3, 0.4) is 0 Å². The average Bonchev–Trinajstić information content (AvgIpc) is 3.08. The van der Waals surface area contributed by atoms with Crippen molar-refractivity contribution in [3.05, 3.63) is 0 Å². The second-order valence-electron chi connectivity index (χ2n) is 14.5. The van der Waals surface area contributed by atoms with Crippen LogP contribution in [-0.4, -0.2) is 74.1 Å². The lowest BCUT2D eigenvalue weighted by Gasteiger charge is -2.18. The van der Waals surface area contributed by atoms with E-state index in [4.69, 9.17) is 25.5 Å². The van der Waals surface area contributed by atoms with Gasteiger partial charge in [-0.25, -0.2) is 4.79 Å². The summed E-state index contributed by atoms with van der Waals surface area (Å²) in [5, 5.41) is 42.4. The van der Waals surface area contributed by atoms with E-state index < -0.39 is 36.4 Å². The summed E-state index contributed by atoms with van der Waals surface area (Å²) in [5.74, 6) is -5.02. The third kappa shape index (κ3) is 44.8. The second-order valence-corrected chi connectivity index (χ2v) is 17.2. The molecular formula is C42H85O8P. The normalized spacial score (nSPS) is 11.1. The smallest absolute Gasteiger partial charge is 0.336 e. The van der Waals surface area contributed by atoms with Crippen molar-refractivity contribution < 1.29 is 39.9 Å². The van der Waals surface area contributed by atoms with Gasteiger partial charge in [0, 0.05) is 6.61 Å². The fourth-order valence-electron chi connectivity index (χ4n) is 6.00. The summed E-state index contributed by atoms with van der Waals surface area (Å²) in [6, 6.07) is 0. The highest BCUT2D eigenvalue weighted by Gasteiger charge is 2.40. The molecule has 306 valence electrons. The van der Waals surface area contributed by atoms with Crippen LogP contribution in [-0.2, 0) is 14.4 Å². The minimum absolute atomic E-state index is 0.366. The predicted octanol–water partition coefficient (Wildman–Crippen LogP) is 12.2. The van der Waals surface area contributed by atoms with Crippen molar-refractivity contribution >= 4 is 25.8 Å². The topological polar surface area (TPSA) is 152 Å². The summed E-state index contributed by atoms with van der Waals surface area (Å²) in [6.07, 6.45) is 42.3. The van der Waals surface area contributed by atoms with E-state index in [1.165, 1.54) is 173 Å². The van der Waals surface area contributed by atoms with Gasteiger partial charge < -0.3 is 25.5 Å². The molecule has 0 atom stereocenters. The Morgan fingerprint density at radius 2 is 0.647 bits per heavy atom. The minimum Gasteiger partial charge on any atom is -0.481 e. The summed E-state index contributed by atoms with van der Waals surface area (Å²) in [7, 11) is 0.366. The lowest BCUT2D eigenvalue weighted by atomic mass is 9.96. The molecule has 0 bridgehead atoms. The number of carbonyl (C=O) groups is 3. The molecule has 0 aliphatic heterocycles. The molecule has 0 aromatic carbocycles. The molecule has 0 saturated carbocycles. The molecule has 0 aliphatic rings. The number of carboxylic acids is 3. The van der Waals surface area contributed by atoms with Crippen LogP contribution in [0.5, 0.6) is 0 Å². The van der Waals surface area contributed by atoms with Crippen LogP contribution in [0.15, 0.2) is 0 Å². The van der Waals surface area contributed by atoms with Crippen LogP contribution < -0.4 is 0 Å². The maximum absolute atomic E-state index is 10.3. The lowest BCUT2D eigenvalue weighted by Crippen LogP contribution is -2.42. The first-order valence-electron chi connectivity index (χ1n) is 21.3. The fourth-order valence-corrected chi connectivity index (χ4v) is 8.68. The van der Waals surface area contributed by atoms with Gasteiger partial charge >= 0.3 is 17.9 Å². The summed E-state index contributed by atoms with van der Waals surface area (Å²) in [5.41, 5.74) is -2.74. The summed E-state index contributed by atoms with van der Waals surface area (Å²) < 4.78 is 0. The molecule has 0 aromatic heterocycles. The highest BCUT2D eigenvalue weighted by Crippen LogP contribution is 2.39. The monoisotopic (exact) mass is 749 g/mol. The van der Waals surface area contributed by atoms with Crippen LogP contribution in [0.4, 0.5) is 0 Å². The van der Waals surface area contributed by atoms with Gasteiger partial charge in [-0.1, -0.05) is 182 Å². The predicted molar refractivity (Wildman–Crippen MR) is 218 cm³/mol. The van der Waals surface area contributed by atoms with Crippen LogP contribution in [0.25, 0.3) is 0 Å². The lowest BCUT2D eigenvalue weighted by molar-refractivity contribution is -0.170. The third-order valence-electron chi connectivity index (χ3n) is 9.28. The van der Waals surface area contributed by atoms with E-state index in [0.717, 1.165) is 6.42 Å². The Morgan fingerprint density at radius 3 is 0.863 bits per heavy atom. The van der Waals surface area contributed by atoms with Gasteiger partial charge in [-0.2, -0.15) is 0 Å². The number of rotatable bonds is 36. The van der Waals surface area contributed by atoms with Crippen molar-refractivity contribution in [1.82, 2.24) is 0 Å². The molecule has 9 heteroatoms. The molecule has 0 aliphatic carbocycles. The van der Waals surface area contributed by atoms with Crippen LogP contribution in [0, 0.1) is 0 Å². The number of aliphatic carboxylic acids is 3.